The third-order valence-electron chi connectivity index (χ3n) is 3.26. The third kappa shape index (κ3) is 6.84. The third-order valence-corrected chi connectivity index (χ3v) is 4.09. The predicted octanol–water partition coefficient (Wildman–Crippen LogP) is 1.36. The standard InChI is InChI=1S/C17H15F2N3O6S/c18-17(19)28-10-3-1-2-9(6-10)15(26)21-7-13(24)27-8-12(23)22-16-11(14(20)25)4-5-29-16/h1-6,17H,7-8H2,(H2,20,25)(H,21,26)(H,22,23). The number of ether oxygens (including phenoxy) is 2. The fraction of sp³-hybridized carbons (Fsp3) is 0.176. The van der Waals surface area contributed by atoms with Crippen molar-refractivity contribution in [2.75, 3.05) is 18.5 Å². The highest BCUT2D eigenvalue weighted by atomic mass is 32.1. The summed E-state index contributed by atoms with van der Waals surface area (Å²) in [6.07, 6.45) is 0. The summed E-state index contributed by atoms with van der Waals surface area (Å²) in [6, 6.07) is 6.43. The van der Waals surface area contributed by atoms with Gasteiger partial charge in [0.25, 0.3) is 17.7 Å². The average Bonchev–Trinajstić information content (AvgIpc) is 3.12. The second kappa shape index (κ2) is 10.1. The van der Waals surface area contributed by atoms with Gasteiger partial charge in [-0.3, -0.25) is 19.2 Å². The molecule has 0 saturated carbocycles. The highest BCUT2D eigenvalue weighted by molar-refractivity contribution is 7.14. The van der Waals surface area contributed by atoms with Crippen molar-refractivity contribution in [3.63, 3.8) is 0 Å². The van der Waals surface area contributed by atoms with Crippen LogP contribution in [0.1, 0.15) is 20.7 Å². The van der Waals surface area contributed by atoms with Crippen LogP contribution in [0.15, 0.2) is 35.7 Å². The van der Waals surface area contributed by atoms with Gasteiger partial charge in [-0.15, -0.1) is 11.3 Å². The molecule has 9 nitrogen and oxygen atoms in total. The molecule has 1 heterocycles. The summed E-state index contributed by atoms with van der Waals surface area (Å²) in [5, 5.41) is 6.38. The van der Waals surface area contributed by atoms with Crippen molar-refractivity contribution < 1.29 is 37.4 Å². The Morgan fingerprint density at radius 3 is 2.62 bits per heavy atom. The average molecular weight is 427 g/mol. The number of carbonyl (C=O) groups is 4. The lowest BCUT2D eigenvalue weighted by atomic mass is 10.2. The first-order valence-electron chi connectivity index (χ1n) is 7.92. The van der Waals surface area contributed by atoms with Gasteiger partial charge in [0, 0.05) is 5.56 Å². The number of hydrogen-bond donors (Lipinski definition) is 3. The van der Waals surface area contributed by atoms with Crippen molar-refractivity contribution in [1.29, 1.82) is 0 Å². The van der Waals surface area contributed by atoms with Crippen LogP contribution in [-0.2, 0) is 14.3 Å². The molecule has 29 heavy (non-hydrogen) atoms. The molecular weight excluding hydrogens is 412 g/mol. The summed E-state index contributed by atoms with van der Waals surface area (Å²) in [4.78, 5) is 46.6. The molecule has 154 valence electrons. The largest absolute Gasteiger partial charge is 0.454 e. The van der Waals surface area contributed by atoms with Gasteiger partial charge in [0.05, 0.1) is 5.56 Å². The Kier molecular flexibility index (Phi) is 7.60. The molecule has 0 radical (unpaired) electrons. The number of nitrogens with two attached hydrogens (primary N) is 1. The van der Waals surface area contributed by atoms with Gasteiger partial charge in [0.1, 0.15) is 17.3 Å². The number of esters is 1. The minimum atomic E-state index is -3.04. The van der Waals surface area contributed by atoms with Crippen LogP contribution in [0.3, 0.4) is 0 Å². The van der Waals surface area contributed by atoms with Gasteiger partial charge in [0.15, 0.2) is 6.61 Å². The molecule has 0 aliphatic rings. The summed E-state index contributed by atoms with van der Waals surface area (Å²) in [6.45, 7) is -4.25. The van der Waals surface area contributed by atoms with Crippen LogP contribution < -0.4 is 21.1 Å². The summed E-state index contributed by atoms with van der Waals surface area (Å²) in [5.41, 5.74) is 5.27. The van der Waals surface area contributed by atoms with E-state index in [2.05, 4.69) is 15.4 Å². The van der Waals surface area contributed by atoms with Crippen molar-refractivity contribution in [2.24, 2.45) is 5.73 Å². The molecule has 0 fully saturated rings. The zero-order valence-corrected chi connectivity index (χ0v) is 15.5. The van der Waals surface area contributed by atoms with E-state index >= 15 is 0 Å². The number of carbonyl (C=O) groups excluding carboxylic acids is 4. The van der Waals surface area contributed by atoms with Gasteiger partial charge < -0.3 is 25.8 Å². The Balaban J connectivity index is 1.78. The van der Waals surface area contributed by atoms with E-state index in [1.54, 1.807) is 5.38 Å². The Morgan fingerprint density at radius 2 is 1.93 bits per heavy atom. The number of hydrogen-bond acceptors (Lipinski definition) is 7. The molecule has 0 aliphatic carbocycles. The maximum absolute atomic E-state index is 12.2. The molecule has 2 rings (SSSR count). The quantitative estimate of drug-likeness (QED) is 0.517. The van der Waals surface area contributed by atoms with Crippen LogP contribution in [0.5, 0.6) is 5.75 Å². The van der Waals surface area contributed by atoms with Crippen molar-refractivity contribution >= 4 is 40.0 Å². The van der Waals surface area contributed by atoms with Crippen LogP contribution in [-0.4, -0.2) is 43.5 Å². The van der Waals surface area contributed by atoms with Gasteiger partial charge in [-0.2, -0.15) is 8.78 Å². The zero-order valence-electron chi connectivity index (χ0n) is 14.6. The van der Waals surface area contributed by atoms with E-state index in [1.165, 1.54) is 24.3 Å². The van der Waals surface area contributed by atoms with Crippen LogP contribution in [0.25, 0.3) is 0 Å². The molecule has 0 aliphatic heterocycles. The number of nitrogens with one attached hydrogen (secondary N) is 2. The second-order valence-corrected chi connectivity index (χ2v) is 6.24. The van der Waals surface area contributed by atoms with Gasteiger partial charge in [0.2, 0.25) is 0 Å². The number of benzene rings is 1. The number of amides is 3. The molecule has 1 aromatic heterocycles. The fourth-order valence-corrected chi connectivity index (χ4v) is 2.84. The summed E-state index contributed by atoms with van der Waals surface area (Å²) < 4.78 is 33.3. The first-order valence-corrected chi connectivity index (χ1v) is 8.80. The molecule has 0 atom stereocenters. The minimum absolute atomic E-state index is 0.00892. The predicted molar refractivity (Wildman–Crippen MR) is 97.8 cm³/mol. The Hall–Kier alpha value is -3.54. The highest BCUT2D eigenvalue weighted by Crippen LogP contribution is 2.22. The fourth-order valence-electron chi connectivity index (χ4n) is 2.03. The van der Waals surface area contributed by atoms with Crippen molar-refractivity contribution in [1.82, 2.24) is 5.32 Å². The lowest BCUT2D eigenvalue weighted by molar-refractivity contribution is -0.146. The van der Waals surface area contributed by atoms with E-state index in [-0.39, 0.29) is 21.9 Å². The van der Waals surface area contributed by atoms with Crippen LogP contribution in [0.4, 0.5) is 13.8 Å². The number of primary amides is 1. The monoisotopic (exact) mass is 427 g/mol. The minimum Gasteiger partial charge on any atom is -0.454 e. The number of rotatable bonds is 9. The van der Waals surface area contributed by atoms with Crippen molar-refractivity contribution in [3.05, 3.63) is 46.8 Å². The van der Waals surface area contributed by atoms with Gasteiger partial charge in [-0.1, -0.05) is 6.07 Å². The molecule has 0 saturated heterocycles. The van der Waals surface area contributed by atoms with Crippen molar-refractivity contribution in [3.8, 4) is 5.75 Å². The molecule has 0 bridgehead atoms. The number of thiophene rings is 1. The second-order valence-electron chi connectivity index (χ2n) is 5.33. The summed E-state index contributed by atoms with van der Waals surface area (Å²) in [7, 11) is 0. The SMILES string of the molecule is NC(=O)c1ccsc1NC(=O)COC(=O)CNC(=O)c1cccc(OC(F)F)c1. The summed E-state index contributed by atoms with van der Waals surface area (Å²) in [5.74, 6) is -3.27. The molecule has 4 N–H and O–H groups in total. The number of halogens is 2. The molecular formula is C17H15F2N3O6S. The zero-order chi connectivity index (χ0) is 21.4. The van der Waals surface area contributed by atoms with Gasteiger partial charge >= 0.3 is 12.6 Å². The van der Waals surface area contributed by atoms with Crippen LogP contribution in [0.2, 0.25) is 0 Å². The smallest absolute Gasteiger partial charge is 0.387 e. The molecule has 12 heteroatoms. The maximum Gasteiger partial charge on any atom is 0.387 e. The van der Waals surface area contributed by atoms with E-state index in [0.29, 0.717) is 0 Å². The first kappa shape index (κ1) is 21.8. The lowest BCUT2D eigenvalue weighted by Crippen LogP contribution is -2.32. The van der Waals surface area contributed by atoms with E-state index in [4.69, 9.17) is 10.5 Å². The highest BCUT2D eigenvalue weighted by Gasteiger charge is 2.15. The topological polar surface area (TPSA) is 137 Å². The molecule has 2 aromatic rings. The number of anilines is 1. The molecule has 0 unspecified atom stereocenters. The lowest BCUT2D eigenvalue weighted by Gasteiger charge is -2.08. The molecule has 0 spiro atoms. The van der Waals surface area contributed by atoms with Crippen molar-refractivity contribution in [2.45, 2.75) is 6.61 Å². The van der Waals surface area contributed by atoms with Gasteiger partial charge in [-0.25, -0.2) is 0 Å². The van der Waals surface area contributed by atoms with Gasteiger partial charge in [-0.05, 0) is 29.6 Å². The first-order chi connectivity index (χ1) is 13.8. The van der Waals surface area contributed by atoms with E-state index in [9.17, 15) is 28.0 Å². The maximum atomic E-state index is 12.2. The van der Waals surface area contributed by atoms with E-state index < -0.39 is 43.5 Å². The Morgan fingerprint density at radius 1 is 1.17 bits per heavy atom. The Bertz CT molecular complexity index is 918. The number of alkyl halides is 2. The van der Waals surface area contributed by atoms with E-state index in [1.807, 2.05) is 0 Å². The molecule has 1 aromatic carbocycles. The Labute approximate surface area is 166 Å². The van der Waals surface area contributed by atoms with Crippen LogP contribution >= 0.6 is 11.3 Å². The summed E-state index contributed by atoms with van der Waals surface area (Å²) >= 11 is 1.07. The van der Waals surface area contributed by atoms with Crippen LogP contribution in [0, 0.1) is 0 Å². The molecule has 3 amide bonds. The van der Waals surface area contributed by atoms with E-state index in [0.717, 1.165) is 17.4 Å². The normalized spacial score (nSPS) is 10.3.